The van der Waals surface area contributed by atoms with Crippen LogP contribution in [0, 0.1) is 41.4 Å². The monoisotopic (exact) mass is 742 g/mol. The van der Waals surface area contributed by atoms with Crippen LogP contribution in [0.1, 0.15) is 141 Å². The van der Waals surface area contributed by atoms with Crippen molar-refractivity contribution in [2.45, 2.75) is 165 Å². The Kier molecular flexibility index (Phi) is 12.3. The van der Waals surface area contributed by atoms with Crippen LogP contribution in [0.2, 0.25) is 0 Å². The van der Waals surface area contributed by atoms with Crippen molar-refractivity contribution < 1.29 is 40.3 Å². The topological polar surface area (TPSA) is 71.4 Å². The number of alkyl halides is 5. The summed E-state index contributed by atoms with van der Waals surface area (Å²) in [6.45, 7) is 5.60. The molecule has 3 saturated carbocycles. The molecule has 0 amide bonds. The van der Waals surface area contributed by atoms with Crippen molar-refractivity contribution in [2.75, 3.05) is 5.75 Å². The highest BCUT2D eigenvalue weighted by Gasteiger charge is 2.79. The Balaban J connectivity index is 1.08. The Morgan fingerprint density at radius 3 is 1.92 bits per heavy atom. The van der Waals surface area contributed by atoms with Crippen molar-refractivity contribution in [3.8, 4) is 0 Å². The molecule has 0 saturated heterocycles. The number of carbonyl (C=O) groups excluding carboxylic acids is 1. The van der Waals surface area contributed by atoms with E-state index in [9.17, 15) is 31.5 Å². The van der Waals surface area contributed by atoms with Gasteiger partial charge >= 0.3 is 12.1 Å². The number of rotatable bonds is 16. The minimum absolute atomic E-state index is 0.0557. The number of allylic oxidation sites excluding steroid dienone is 1. The van der Waals surface area contributed by atoms with Crippen LogP contribution in [0.15, 0.2) is 40.8 Å². The average Bonchev–Trinajstić information content (AvgIpc) is 3.35. The van der Waals surface area contributed by atoms with Gasteiger partial charge in [0, 0.05) is 11.8 Å². The molecule has 1 aromatic carbocycles. The van der Waals surface area contributed by atoms with Gasteiger partial charge < -0.3 is 5.11 Å². The number of ketones is 1. The van der Waals surface area contributed by atoms with Gasteiger partial charge in [-0.25, -0.2) is 8.42 Å². The highest BCUT2D eigenvalue weighted by molar-refractivity contribution is 7.91. The summed E-state index contributed by atoms with van der Waals surface area (Å²) in [4.78, 5) is 12.9. The zero-order valence-corrected chi connectivity index (χ0v) is 31.6. The SMILES string of the molecule is Cc1ccc(S(=O)(=O)CCCCCCCCCCCCC[C@@H]2CC3=CC(=O)CC[C@]3(C)[C@H]3CC[C@@]4(C)[C@@H](CC[C@@]4(O)C(F)(F)C(F)(F)F)[C@H]23)cc1. The molecule has 4 aliphatic carbocycles. The van der Waals surface area contributed by atoms with E-state index in [0.717, 1.165) is 81.8 Å². The third-order valence-electron chi connectivity index (χ3n) is 14.0. The molecule has 0 unspecified atom stereocenters. The standard InChI is InChI=1S/C41H59F5O4S/c1-29-16-18-33(19-17-29)51(49,50)26-14-12-10-8-6-4-5-7-9-11-13-15-30-27-31-28-32(47)20-23-37(31,2)34-21-24-38(3)35(36(30)34)22-25-39(38,48)40(42,43)41(44,45)46/h16-19,28,30,34-36,48H,4-15,20-27H2,1-3H3/t30-,34+,35+,36-,37+,38+,39+/m1/s1. The zero-order chi connectivity index (χ0) is 37.3. The summed E-state index contributed by atoms with van der Waals surface area (Å²) in [7, 11) is -3.23. The molecule has 4 nitrogen and oxygen atoms in total. The highest BCUT2D eigenvalue weighted by Crippen LogP contribution is 2.72. The van der Waals surface area contributed by atoms with Crippen LogP contribution in [-0.4, -0.2) is 42.8 Å². The van der Waals surface area contributed by atoms with Gasteiger partial charge in [0.1, 0.15) is 5.60 Å². The molecule has 51 heavy (non-hydrogen) atoms. The largest absolute Gasteiger partial charge is 0.456 e. The molecule has 1 N–H and O–H groups in total. The first-order chi connectivity index (χ1) is 23.9. The first-order valence-corrected chi connectivity index (χ1v) is 21.2. The maximum Gasteiger partial charge on any atom is 0.456 e. The fourth-order valence-corrected chi connectivity index (χ4v) is 12.3. The van der Waals surface area contributed by atoms with E-state index in [4.69, 9.17) is 0 Å². The number of halogens is 5. The molecule has 7 atom stereocenters. The molecule has 0 spiro atoms. The second kappa shape index (κ2) is 15.5. The minimum atomic E-state index is -5.82. The lowest BCUT2D eigenvalue weighted by molar-refractivity contribution is -0.364. The lowest BCUT2D eigenvalue weighted by Crippen LogP contribution is -2.66. The predicted octanol–water partition coefficient (Wildman–Crippen LogP) is 11.1. The summed E-state index contributed by atoms with van der Waals surface area (Å²) >= 11 is 0. The van der Waals surface area contributed by atoms with E-state index >= 15 is 8.78 Å². The third kappa shape index (κ3) is 7.88. The number of aryl methyl sites for hydroxylation is 1. The number of aliphatic hydroxyl groups is 1. The van der Waals surface area contributed by atoms with E-state index < -0.39 is 45.3 Å². The molecule has 10 heteroatoms. The van der Waals surface area contributed by atoms with Crippen molar-refractivity contribution in [3.63, 3.8) is 0 Å². The van der Waals surface area contributed by atoms with Crippen LogP contribution in [0.3, 0.4) is 0 Å². The third-order valence-corrected chi connectivity index (χ3v) is 15.8. The smallest absolute Gasteiger partial charge is 0.383 e. The highest BCUT2D eigenvalue weighted by atomic mass is 32.2. The van der Waals surface area contributed by atoms with E-state index in [2.05, 4.69) is 6.92 Å². The van der Waals surface area contributed by atoms with Crippen molar-refractivity contribution in [2.24, 2.45) is 34.5 Å². The van der Waals surface area contributed by atoms with E-state index in [1.54, 1.807) is 18.2 Å². The first kappa shape index (κ1) is 40.4. The van der Waals surface area contributed by atoms with Gasteiger partial charge in [0.2, 0.25) is 0 Å². The Morgan fingerprint density at radius 2 is 1.33 bits per heavy atom. The lowest BCUT2D eigenvalue weighted by Gasteiger charge is -2.62. The van der Waals surface area contributed by atoms with E-state index in [1.165, 1.54) is 6.92 Å². The van der Waals surface area contributed by atoms with Crippen LogP contribution in [0.25, 0.3) is 0 Å². The van der Waals surface area contributed by atoms with Crippen LogP contribution in [-0.2, 0) is 14.6 Å². The normalized spacial score (nSPS) is 32.6. The van der Waals surface area contributed by atoms with Crippen LogP contribution >= 0.6 is 0 Å². The Labute approximate surface area is 302 Å². The second-order valence-electron chi connectivity index (χ2n) is 17.0. The second-order valence-corrected chi connectivity index (χ2v) is 19.2. The van der Waals surface area contributed by atoms with Crippen LogP contribution < -0.4 is 0 Å². The number of fused-ring (bicyclic) bond motifs is 5. The van der Waals surface area contributed by atoms with Crippen LogP contribution in [0.4, 0.5) is 22.0 Å². The van der Waals surface area contributed by atoms with Gasteiger partial charge in [0.15, 0.2) is 15.6 Å². The Morgan fingerprint density at radius 1 is 0.784 bits per heavy atom. The fraction of sp³-hybridized carbons (Fsp3) is 0.780. The van der Waals surface area contributed by atoms with Crippen molar-refractivity contribution in [3.05, 3.63) is 41.5 Å². The van der Waals surface area contributed by atoms with Gasteiger partial charge in [-0.2, -0.15) is 22.0 Å². The molecule has 0 heterocycles. The summed E-state index contributed by atoms with van der Waals surface area (Å²) in [5.41, 5.74) is -2.75. The molecule has 1 aromatic rings. The average molecular weight is 743 g/mol. The number of carbonyl (C=O) groups is 1. The van der Waals surface area contributed by atoms with Gasteiger partial charge in [-0.1, -0.05) is 101 Å². The molecule has 0 aromatic heterocycles. The van der Waals surface area contributed by atoms with Gasteiger partial charge in [0.05, 0.1) is 10.6 Å². The lowest BCUT2D eigenvalue weighted by atomic mass is 9.43. The molecule has 4 aliphatic rings. The molecular weight excluding hydrogens is 684 g/mol. The number of hydrogen-bond donors (Lipinski definition) is 1. The summed E-state index contributed by atoms with van der Waals surface area (Å²) in [6, 6.07) is 7.02. The molecular formula is C41H59F5O4S. The molecule has 0 radical (unpaired) electrons. The van der Waals surface area contributed by atoms with E-state index in [0.29, 0.717) is 37.0 Å². The first-order valence-electron chi connectivity index (χ1n) is 19.6. The quantitative estimate of drug-likeness (QED) is 0.135. The van der Waals surface area contributed by atoms with Gasteiger partial charge in [-0.3, -0.25) is 4.79 Å². The Bertz CT molecular complexity index is 1500. The van der Waals surface area contributed by atoms with Crippen LogP contribution in [0.5, 0.6) is 0 Å². The number of benzene rings is 1. The summed E-state index contributed by atoms with van der Waals surface area (Å²) in [5.74, 6) is -5.16. The molecule has 5 rings (SSSR count). The molecule has 0 aliphatic heterocycles. The molecule has 0 bridgehead atoms. The number of sulfone groups is 1. The number of unbranched alkanes of at least 4 members (excludes halogenated alkanes) is 10. The maximum atomic E-state index is 15.1. The summed E-state index contributed by atoms with van der Waals surface area (Å²) in [5, 5.41) is 11.3. The summed E-state index contributed by atoms with van der Waals surface area (Å²) < 4.78 is 96.3. The predicted molar refractivity (Wildman–Crippen MR) is 190 cm³/mol. The molecule has 3 fully saturated rings. The van der Waals surface area contributed by atoms with Crippen molar-refractivity contribution >= 4 is 15.6 Å². The van der Waals surface area contributed by atoms with Gasteiger partial charge in [0.25, 0.3) is 0 Å². The Hall–Kier alpha value is -1.81. The maximum absolute atomic E-state index is 15.1. The molecule has 288 valence electrons. The van der Waals surface area contributed by atoms with E-state index in [1.807, 2.05) is 19.1 Å². The fourth-order valence-electron chi connectivity index (χ4n) is 10.9. The van der Waals surface area contributed by atoms with E-state index in [-0.39, 0.29) is 47.5 Å². The van der Waals surface area contributed by atoms with Crippen molar-refractivity contribution in [1.29, 1.82) is 0 Å². The zero-order valence-electron chi connectivity index (χ0n) is 30.8. The van der Waals surface area contributed by atoms with Crippen molar-refractivity contribution in [1.82, 2.24) is 0 Å². The van der Waals surface area contributed by atoms with Gasteiger partial charge in [-0.15, -0.1) is 0 Å². The minimum Gasteiger partial charge on any atom is -0.383 e. The number of hydrogen-bond acceptors (Lipinski definition) is 4. The summed E-state index contributed by atoms with van der Waals surface area (Å²) in [6.07, 6.45) is 10.1. The van der Waals surface area contributed by atoms with Gasteiger partial charge in [-0.05, 0) is 106 Å².